The predicted octanol–water partition coefficient (Wildman–Crippen LogP) is -0.919. The van der Waals surface area contributed by atoms with Gasteiger partial charge in [0, 0.05) is 0 Å². The van der Waals surface area contributed by atoms with Gasteiger partial charge in [0.1, 0.15) is 0 Å². The van der Waals surface area contributed by atoms with Gasteiger partial charge in [0.15, 0.2) is 9.84 Å². The van der Waals surface area contributed by atoms with Gasteiger partial charge in [-0.1, -0.05) is 0 Å². The maximum Gasteiger partial charge on any atom is 0.307 e. The zero-order valence-corrected chi connectivity index (χ0v) is 7.96. The van der Waals surface area contributed by atoms with Crippen LogP contribution in [0.5, 0.6) is 0 Å². The molecule has 0 aromatic carbocycles. The Hall–Kier alpha value is -0.620. The Balaban J connectivity index is 2.80. The number of hydrogen-bond acceptors (Lipinski definition) is 4. The lowest BCUT2D eigenvalue weighted by molar-refractivity contribution is -0.142. The highest BCUT2D eigenvalue weighted by atomic mass is 32.2. The van der Waals surface area contributed by atoms with E-state index < -0.39 is 21.7 Å². The van der Waals surface area contributed by atoms with Gasteiger partial charge >= 0.3 is 5.97 Å². The van der Waals surface area contributed by atoms with Crippen LogP contribution < -0.4 is 5.73 Å². The Bertz CT molecular complexity index is 298. The van der Waals surface area contributed by atoms with Gasteiger partial charge in [-0.25, -0.2) is 8.42 Å². The molecular formula is C7H13NO4S. The van der Waals surface area contributed by atoms with Gasteiger partial charge in [-0.15, -0.1) is 0 Å². The van der Waals surface area contributed by atoms with Gasteiger partial charge in [-0.2, -0.15) is 0 Å². The first kappa shape index (κ1) is 10.5. The molecule has 1 saturated heterocycles. The number of carboxylic acid groups (broad SMARTS) is 1. The fourth-order valence-electron chi connectivity index (χ4n) is 1.58. The average Bonchev–Trinajstić information content (AvgIpc) is 2.03. The summed E-state index contributed by atoms with van der Waals surface area (Å²) in [7, 11) is -3.16. The molecular weight excluding hydrogens is 194 g/mol. The molecule has 3 N–H and O–H groups in total. The first-order valence-electron chi connectivity index (χ1n) is 4.09. The van der Waals surface area contributed by atoms with E-state index in [9.17, 15) is 13.2 Å². The molecule has 0 amide bonds. The third-order valence-electron chi connectivity index (χ3n) is 2.42. The molecule has 0 unspecified atom stereocenters. The minimum absolute atomic E-state index is 0.0681. The fourth-order valence-corrected chi connectivity index (χ4v) is 3.37. The van der Waals surface area contributed by atoms with Crippen LogP contribution in [0.15, 0.2) is 0 Å². The Morgan fingerprint density at radius 3 is 2.62 bits per heavy atom. The Labute approximate surface area is 76.8 Å². The smallest absolute Gasteiger partial charge is 0.307 e. The van der Waals surface area contributed by atoms with E-state index >= 15 is 0 Å². The summed E-state index contributed by atoms with van der Waals surface area (Å²) < 4.78 is 22.2. The molecule has 1 fully saturated rings. The topological polar surface area (TPSA) is 97.5 Å². The summed E-state index contributed by atoms with van der Waals surface area (Å²) >= 11 is 0. The molecule has 1 heterocycles. The summed E-state index contributed by atoms with van der Waals surface area (Å²) in [6.07, 6.45) is 0.371. The summed E-state index contributed by atoms with van der Waals surface area (Å²) in [5.41, 5.74) is 5.36. The van der Waals surface area contributed by atoms with Gasteiger partial charge in [0.05, 0.1) is 17.4 Å². The van der Waals surface area contributed by atoms with Crippen LogP contribution in [-0.4, -0.2) is 37.5 Å². The highest BCUT2D eigenvalue weighted by Gasteiger charge is 2.36. The first-order chi connectivity index (χ1) is 5.96. The van der Waals surface area contributed by atoms with E-state index in [2.05, 4.69) is 0 Å². The summed E-state index contributed by atoms with van der Waals surface area (Å²) in [6, 6.07) is 0. The van der Waals surface area contributed by atoms with Crippen LogP contribution in [0.1, 0.15) is 6.42 Å². The van der Waals surface area contributed by atoms with E-state index in [0.29, 0.717) is 6.42 Å². The summed E-state index contributed by atoms with van der Waals surface area (Å²) in [4.78, 5) is 10.7. The quantitative estimate of drug-likeness (QED) is 0.610. The highest BCUT2D eigenvalue weighted by Crippen LogP contribution is 2.24. The molecule has 0 spiro atoms. The van der Waals surface area contributed by atoms with E-state index in [1.165, 1.54) is 0 Å². The lowest BCUT2D eigenvalue weighted by Crippen LogP contribution is -2.40. The van der Waals surface area contributed by atoms with Crippen molar-refractivity contribution in [1.29, 1.82) is 0 Å². The van der Waals surface area contributed by atoms with Crippen LogP contribution in [0.2, 0.25) is 0 Å². The average molecular weight is 207 g/mol. The summed E-state index contributed by atoms with van der Waals surface area (Å²) in [5, 5.41) is 8.75. The lowest BCUT2D eigenvalue weighted by Gasteiger charge is -2.26. The van der Waals surface area contributed by atoms with Crippen molar-refractivity contribution in [2.45, 2.75) is 6.42 Å². The molecule has 0 saturated carbocycles. The van der Waals surface area contributed by atoms with Crippen LogP contribution in [0.25, 0.3) is 0 Å². The second-order valence-corrected chi connectivity index (χ2v) is 5.57. The molecule has 2 atom stereocenters. The van der Waals surface area contributed by atoms with Crippen LogP contribution in [0.3, 0.4) is 0 Å². The molecule has 76 valence electrons. The molecule has 5 nitrogen and oxygen atoms in total. The summed E-state index contributed by atoms with van der Waals surface area (Å²) in [6.45, 7) is 0.243. The van der Waals surface area contributed by atoms with Gasteiger partial charge in [-0.3, -0.25) is 4.79 Å². The Kier molecular flexibility index (Phi) is 2.92. The number of rotatable bonds is 2. The molecule has 0 aromatic rings. The molecule has 0 radical (unpaired) electrons. The number of aliphatic carboxylic acids is 1. The Morgan fingerprint density at radius 1 is 1.54 bits per heavy atom. The van der Waals surface area contributed by atoms with E-state index in [1.54, 1.807) is 0 Å². The van der Waals surface area contributed by atoms with Crippen molar-refractivity contribution in [3.8, 4) is 0 Å². The number of carboxylic acids is 1. The second-order valence-electron chi connectivity index (χ2n) is 3.34. The fraction of sp³-hybridized carbons (Fsp3) is 0.857. The third kappa shape index (κ3) is 2.41. The largest absolute Gasteiger partial charge is 0.481 e. The van der Waals surface area contributed by atoms with Crippen molar-refractivity contribution < 1.29 is 18.3 Å². The molecule has 0 aromatic heterocycles. The standard InChI is InChI=1S/C7H13NO4S/c8-3-5-1-2-13(11,12)4-6(5)7(9)10/h5-6H,1-4,8H2,(H,9,10)/t5-,6+/m0/s1. The first-order valence-corrected chi connectivity index (χ1v) is 5.91. The van der Waals surface area contributed by atoms with Crippen LogP contribution in [0.4, 0.5) is 0 Å². The second kappa shape index (κ2) is 3.63. The molecule has 13 heavy (non-hydrogen) atoms. The third-order valence-corrected chi connectivity index (χ3v) is 4.15. The van der Waals surface area contributed by atoms with Crippen molar-refractivity contribution in [3.05, 3.63) is 0 Å². The van der Waals surface area contributed by atoms with E-state index in [4.69, 9.17) is 10.8 Å². The molecule has 0 bridgehead atoms. The number of carbonyl (C=O) groups is 1. The van der Waals surface area contributed by atoms with Crippen LogP contribution in [-0.2, 0) is 14.6 Å². The van der Waals surface area contributed by atoms with E-state index in [-0.39, 0.29) is 24.0 Å². The van der Waals surface area contributed by atoms with Crippen molar-refractivity contribution in [2.75, 3.05) is 18.1 Å². The maximum atomic E-state index is 11.1. The molecule has 1 aliphatic rings. The predicted molar refractivity (Wildman–Crippen MR) is 46.9 cm³/mol. The number of nitrogens with two attached hydrogens (primary N) is 1. The van der Waals surface area contributed by atoms with Crippen molar-refractivity contribution in [1.82, 2.24) is 0 Å². The highest BCUT2D eigenvalue weighted by molar-refractivity contribution is 7.91. The minimum atomic E-state index is -3.16. The van der Waals surface area contributed by atoms with Crippen molar-refractivity contribution >= 4 is 15.8 Å². The maximum absolute atomic E-state index is 11.1. The molecule has 0 aliphatic carbocycles. The zero-order chi connectivity index (χ0) is 10.1. The van der Waals surface area contributed by atoms with Crippen molar-refractivity contribution in [3.63, 3.8) is 0 Å². The minimum Gasteiger partial charge on any atom is -0.481 e. The Morgan fingerprint density at radius 2 is 2.15 bits per heavy atom. The summed E-state index contributed by atoms with van der Waals surface area (Å²) in [5.74, 6) is -2.26. The normalized spacial score (nSPS) is 32.7. The lowest BCUT2D eigenvalue weighted by atomic mass is 9.91. The van der Waals surface area contributed by atoms with Crippen LogP contribution >= 0.6 is 0 Å². The molecule has 1 rings (SSSR count). The monoisotopic (exact) mass is 207 g/mol. The van der Waals surface area contributed by atoms with Gasteiger partial charge in [0.25, 0.3) is 0 Å². The van der Waals surface area contributed by atoms with Crippen LogP contribution in [0, 0.1) is 11.8 Å². The SMILES string of the molecule is NC[C@@H]1CCS(=O)(=O)C[C@H]1C(=O)O. The number of sulfone groups is 1. The van der Waals surface area contributed by atoms with E-state index in [0.717, 1.165) is 0 Å². The van der Waals surface area contributed by atoms with Gasteiger partial charge in [-0.05, 0) is 18.9 Å². The van der Waals surface area contributed by atoms with Gasteiger partial charge in [0.2, 0.25) is 0 Å². The zero-order valence-electron chi connectivity index (χ0n) is 7.14. The van der Waals surface area contributed by atoms with E-state index in [1.807, 2.05) is 0 Å². The van der Waals surface area contributed by atoms with Gasteiger partial charge < -0.3 is 10.8 Å². The number of hydrogen-bond donors (Lipinski definition) is 2. The molecule has 1 aliphatic heterocycles. The molecule has 6 heteroatoms. The van der Waals surface area contributed by atoms with Crippen molar-refractivity contribution in [2.24, 2.45) is 17.6 Å².